The van der Waals surface area contributed by atoms with E-state index in [4.69, 9.17) is 4.74 Å². The zero-order valence-electron chi connectivity index (χ0n) is 10.5. The average molecular weight is 289 g/mol. The van der Waals surface area contributed by atoms with Crippen molar-refractivity contribution in [1.82, 2.24) is 4.72 Å². The molecule has 0 unspecified atom stereocenters. The number of hydrogen-bond donors (Lipinski definition) is 2. The van der Waals surface area contributed by atoms with Gasteiger partial charge >= 0.3 is 0 Å². The zero-order valence-corrected chi connectivity index (χ0v) is 11.3. The number of aryl methyl sites for hydroxylation is 1. The van der Waals surface area contributed by atoms with Gasteiger partial charge in [-0.05, 0) is 30.7 Å². The molecule has 1 aliphatic heterocycles. The van der Waals surface area contributed by atoms with E-state index in [1.165, 1.54) is 19.1 Å². The second kappa shape index (κ2) is 5.16. The van der Waals surface area contributed by atoms with Crippen molar-refractivity contribution in [3.63, 3.8) is 0 Å². The molecule has 19 heavy (non-hydrogen) atoms. The van der Waals surface area contributed by atoms with E-state index in [0.717, 1.165) is 6.07 Å². The maximum Gasteiger partial charge on any atom is 0.240 e. The molecule has 2 N–H and O–H groups in total. The van der Waals surface area contributed by atoms with Crippen molar-refractivity contribution in [2.45, 2.75) is 23.8 Å². The summed E-state index contributed by atoms with van der Waals surface area (Å²) in [6.45, 7) is 1.89. The molecule has 1 atom stereocenters. The molecule has 1 saturated heterocycles. The third-order valence-corrected chi connectivity index (χ3v) is 4.51. The Hall–Kier alpha value is -1.02. The number of aliphatic hydroxyl groups is 1. The summed E-state index contributed by atoms with van der Waals surface area (Å²) < 4.78 is 44.5. The molecule has 2 rings (SSSR count). The lowest BCUT2D eigenvalue weighted by Gasteiger charge is -2.20. The molecule has 0 bridgehead atoms. The van der Waals surface area contributed by atoms with Gasteiger partial charge in [-0.25, -0.2) is 17.5 Å². The Bertz CT molecular complexity index is 567. The van der Waals surface area contributed by atoms with Crippen LogP contribution in [0, 0.1) is 12.7 Å². The van der Waals surface area contributed by atoms with E-state index in [0.29, 0.717) is 13.0 Å². The maximum atomic E-state index is 13.1. The van der Waals surface area contributed by atoms with Crippen LogP contribution in [0.5, 0.6) is 0 Å². The van der Waals surface area contributed by atoms with Crippen LogP contribution in [-0.2, 0) is 14.8 Å². The molecular weight excluding hydrogens is 273 g/mol. The number of benzene rings is 1. The molecule has 0 radical (unpaired) electrons. The predicted octanol–water partition coefficient (Wildman–Crippen LogP) is 0.564. The van der Waals surface area contributed by atoms with Crippen LogP contribution in [0.2, 0.25) is 0 Å². The molecule has 7 heteroatoms. The van der Waals surface area contributed by atoms with E-state index in [-0.39, 0.29) is 23.6 Å². The Morgan fingerprint density at radius 1 is 1.53 bits per heavy atom. The quantitative estimate of drug-likeness (QED) is 0.849. The second-order valence-corrected chi connectivity index (χ2v) is 6.53. The number of nitrogens with one attached hydrogen (secondary N) is 1. The Morgan fingerprint density at radius 2 is 2.26 bits per heavy atom. The molecule has 1 aromatic carbocycles. The number of ether oxygens (including phenoxy) is 1. The van der Waals surface area contributed by atoms with Crippen LogP contribution >= 0.6 is 0 Å². The monoisotopic (exact) mass is 289 g/mol. The molecule has 0 aliphatic carbocycles. The van der Waals surface area contributed by atoms with Crippen molar-refractivity contribution in [2.24, 2.45) is 0 Å². The predicted molar refractivity (Wildman–Crippen MR) is 66.7 cm³/mol. The molecule has 5 nitrogen and oxygen atoms in total. The van der Waals surface area contributed by atoms with E-state index in [1.54, 1.807) is 0 Å². The molecule has 0 aromatic heterocycles. The summed E-state index contributed by atoms with van der Waals surface area (Å²) in [7, 11) is -3.76. The summed E-state index contributed by atoms with van der Waals surface area (Å²) in [5.74, 6) is -0.457. The van der Waals surface area contributed by atoms with Gasteiger partial charge in [0, 0.05) is 19.6 Å². The molecule has 1 heterocycles. The minimum Gasteiger partial charge on any atom is -0.386 e. The number of hydrogen-bond acceptors (Lipinski definition) is 4. The van der Waals surface area contributed by atoms with Crippen molar-refractivity contribution >= 4 is 10.0 Å². The van der Waals surface area contributed by atoms with Crippen LogP contribution < -0.4 is 4.72 Å². The highest BCUT2D eigenvalue weighted by Crippen LogP contribution is 2.19. The second-order valence-electron chi connectivity index (χ2n) is 4.76. The van der Waals surface area contributed by atoms with Crippen LogP contribution in [0.4, 0.5) is 4.39 Å². The molecular formula is C12H16FNO4S. The normalized spacial score (nSPS) is 23.7. The first-order valence-corrected chi connectivity index (χ1v) is 7.37. The lowest BCUT2D eigenvalue weighted by Crippen LogP contribution is -2.43. The summed E-state index contributed by atoms with van der Waals surface area (Å²) >= 11 is 0. The molecule has 106 valence electrons. The van der Waals surface area contributed by atoms with E-state index in [2.05, 4.69) is 4.72 Å². The third kappa shape index (κ3) is 3.30. The van der Waals surface area contributed by atoms with Gasteiger partial charge in [0.05, 0.1) is 11.5 Å². The standard InChI is InChI=1S/C12H16FNO4S/c1-9-6-10(2-3-11(9)13)19(16,17)14-7-12(15)4-5-18-8-12/h2-3,6,14-15H,4-5,7-8H2,1H3/t12-/m0/s1. The number of rotatable bonds is 4. The number of sulfonamides is 1. The van der Waals surface area contributed by atoms with E-state index in [1.807, 2.05) is 0 Å². The van der Waals surface area contributed by atoms with Crippen LogP contribution in [-0.4, -0.2) is 38.9 Å². The minimum atomic E-state index is -3.76. The fourth-order valence-corrected chi connectivity index (χ4v) is 3.04. The van der Waals surface area contributed by atoms with Crippen LogP contribution in [0.3, 0.4) is 0 Å². The van der Waals surface area contributed by atoms with E-state index >= 15 is 0 Å². The van der Waals surface area contributed by atoms with Gasteiger partial charge in [0.1, 0.15) is 11.4 Å². The summed E-state index contributed by atoms with van der Waals surface area (Å²) in [6.07, 6.45) is 0.387. The Kier molecular flexibility index (Phi) is 3.91. The fourth-order valence-electron chi connectivity index (χ4n) is 1.83. The molecule has 1 fully saturated rings. The molecule has 0 spiro atoms. The van der Waals surface area contributed by atoms with E-state index in [9.17, 15) is 17.9 Å². The van der Waals surface area contributed by atoms with Gasteiger partial charge in [-0.3, -0.25) is 0 Å². The van der Waals surface area contributed by atoms with Gasteiger partial charge in [-0.1, -0.05) is 0 Å². The van der Waals surface area contributed by atoms with E-state index < -0.39 is 21.4 Å². The fraction of sp³-hybridized carbons (Fsp3) is 0.500. The highest BCUT2D eigenvalue weighted by molar-refractivity contribution is 7.89. The van der Waals surface area contributed by atoms with Gasteiger partial charge in [-0.2, -0.15) is 0 Å². The topological polar surface area (TPSA) is 75.6 Å². The third-order valence-electron chi connectivity index (χ3n) is 3.11. The maximum absolute atomic E-state index is 13.1. The van der Waals surface area contributed by atoms with Crippen molar-refractivity contribution in [1.29, 1.82) is 0 Å². The highest BCUT2D eigenvalue weighted by Gasteiger charge is 2.33. The Morgan fingerprint density at radius 3 is 2.84 bits per heavy atom. The smallest absolute Gasteiger partial charge is 0.240 e. The average Bonchev–Trinajstić information content (AvgIpc) is 2.78. The summed E-state index contributed by atoms with van der Waals surface area (Å²) in [5.41, 5.74) is -0.909. The van der Waals surface area contributed by atoms with Gasteiger partial charge in [-0.15, -0.1) is 0 Å². The largest absolute Gasteiger partial charge is 0.386 e. The lowest BCUT2D eigenvalue weighted by atomic mass is 10.1. The van der Waals surface area contributed by atoms with Crippen molar-refractivity contribution in [2.75, 3.05) is 19.8 Å². The van der Waals surface area contributed by atoms with Crippen LogP contribution in [0.25, 0.3) is 0 Å². The first kappa shape index (κ1) is 14.4. The van der Waals surface area contributed by atoms with Crippen molar-refractivity contribution < 1.29 is 22.7 Å². The molecule has 1 aliphatic rings. The molecule has 0 amide bonds. The summed E-state index contributed by atoms with van der Waals surface area (Å²) in [5, 5.41) is 9.99. The molecule has 1 aromatic rings. The van der Waals surface area contributed by atoms with Gasteiger partial charge < -0.3 is 9.84 Å². The first-order chi connectivity index (χ1) is 8.82. The van der Waals surface area contributed by atoms with Crippen LogP contribution in [0.1, 0.15) is 12.0 Å². The van der Waals surface area contributed by atoms with Crippen molar-refractivity contribution in [3.05, 3.63) is 29.6 Å². The SMILES string of the molecule is Cc1cc(S(=O)(=O)NC[C@@]2(O)CCOC2)ccc1F. The van der Waals surface area contributed by atoms with Gasteiger partial charge in [0.2, 0.25) is 10.0 Å². The number of halogens is 1. The van der Waals surface area contributed by atoms with Crippen LogP contribution in [0.15, 0.2) is 23.1 Å². The van der Waals surface area contributed by atoms with Gasteiger partial charge in [0.15, 0.2) is 0 Å². The highest BCUT2D eigenvalue weighted by atomic mass is 32.2. The summed E-state index contributed by atoms with van der Waals surface area (Å²) in [4.78, 5) is -0.0195. The Labute approximate surface area is 111 Å². The zero-order chi connectivity index (χ0) is 14.1. The van der Waals surface area contributed by atoms with Gasteiger partial charge in [0.25, 0.3) is 0 Å². The summed E-state index contributed by atoms with van der Waals surface area (Å²) in [6, 6.07) is 3.56. The minimum absolute atomic E-state index is 0.0195. The lowest BCUT2D eigenvalue weighted by molar-refractivity contribution is 0.0314. The Balaban J connectivity index is 2.11. The van der Waals surface area contributed by atoms with Crippen molar-refractivity contribution in [3.8, 4) is 0 Å². The first-order valence-electron chi connectivity index (χ1n) is 5.88. The molecule has 0 saturated carbocycles.